The number of nitrogens with zero attached hydrogens (tertiary/aromatic N) is 5. The van der Waals surface area contributed by atoms with E-state index >= 15 is 0 Å². The number of fused-ring (bicyclic) bond motifs is 1. The summed E-state index contributed by atoms with van der Waals surface area (Å²) in [4.78, 5) is 24.1. The number of halogens is 3. The molecule has 1 amide bonds. The van der Waals surface area contributed by atoms with E-state index in [1.807, 2.05) is 6.07 Å². The highest BCUT2D eigenvalue weighted by Crippen LogP contribution is 2.29. The zero-order valence-corrected chi connectivity index (χ0v) is 20.3. The van der Waals surface area contributed by atoms with Gasteiger partial charge in [-0.05, 0) is 69.1 Å². The minimum absolute atomic E-state index is 0.0924. The average Bonchev–Trinajstić information content (AvgIpc) is 3.45. The topological polar surface area (TPSA) is 75.4 Å². The van der Waals surface area contributed by atoms with Crippen molar-refractivity contribution in [3.05, 3.63) is 45.2 Å². The first-order chi connectivity index (χ1) is 16.1. The van der Waals surface area contributed by atoms with Crippen molar-refractivity contribution in [1.29, 1.82) is 0 Å². The molecule has 0 aliphatic carbocycles. The first-order valence-electron chi connectivity index (χ1n) is 11.5. The second kappa shape index (κ2) is 9.99. The second-order valence-corrected chi connectivity index (χ2v) is 9.94. The van der Waals surface area contributed by atoms with Crippen LogP contribution in [-0.4, -0.2) is 50.0 Å². The summed E-state index contributed by atoms with van der Waals surface area (Å²) in [5.41, 5.74) is 1.77. The first-order valence-corrected chi connectivity index (χ1v) is 12.4. The Kier molecular flexibility index (Phi) is 7.22. The lowest BCUT2D eigenvalue weighted by atomic mass is 9.97. The maximum absolute atomic E-state index is 13.0. The van der Waals surface area contributed by atoms with Gasteiger partial charge in [-0.15, -0.1) is 16.4 Å². The standard InChI is InChI=1S/C23H29F3N6OS/c1-14-8-10-31(11-9-14)18(19-5-4-12-34-19)13-27-20(33)7-6-17-15(2)28-22-29-21(23(24,25)26)30-32(22)16(17)3/h4-5,12,14,18H,6-11,13H2,1-3H3,(H,27,33)/t18-/m1/s1. The zero-order chi connectivity index (χ0) is 24.5. The van der Waals surface area contributed by atoms with E-state index in [9.17, 15) is 18.0 Å². The Hall–Kier alpha value is -2.53. The minimum atomic E-state index is -4.64. The minimum Gasteiger partial charge on any atom is -0.354 e. The molecule has 1 aliphatic rings. The number of thiophene rings is 1. The summed E-state index contributed by atoms with van der Waals surface area (Å²) in [6.07, 6.45) is -1.76. The Morgan fingerprint density at radius 2 is 2.00 bits per heavy atom. The molecule has 1 N–H and O–H groups in total. The van der Waals surface area contributed by atoms with Gasteiger partial charge in [0.25, 0.3) is 11.6 Å². The number of piperidine rings is 1. The summed E-state index contributed by atoms with van der Waals surface area (Å²) in [7, 11) is 0. The summed E-state index contributed by atoms with van der Waals surface area (Å²) >= 11 is 1.70. The molecule has 1 atom stereocenters. The van der Waals surface area contributed by atoms with Crippen LogP contribution >= 0.6 is 11.3 Å². The maximum atomic E-state index is 13.0. The molecule has 1 saturated heterocycles. The molecule has 0 radical (unpaired) electrons. The molecule has 1 fully saturated rings. The fraction of sp³-hybridized carbons (Fsp3) is 0.565. The predicted octanol–water partition coefficient (Wildman–Crippen LogP) is 4.34. The van der Waals surface area contributed by atoms with E-state index in [2.05, 4.69) is 43.7 Å². The number of carbonyl (C=O) groups excluding carboxylic acids is 1. The quantitative estimate of drug-likeness (QED) is 0.529. The van der Waals surface area contributed by atoms with E-state index in [-0.39, 0.29) is 24.1 Å². The van der Waals surface area contributed by atoms with Crippen molar-refractivity contribution in [2.45, 2.75) is 58.7 Å². The first kappa shape index (κ1) is 24.6. The Morgan fingerprint density at radius 3 is 2.65 bits per heavy atom. The van der Waals surface area contributed by atoms with Gasteiger partial charge in [0.05, 0.1) is 6.04 Å². The number of hydrogen-bond acceptors (Lipinski definition) is 6. The third-order valence-corrected chi connectivity index (χ3v) is 7.50. The van der Waals surface area contributed by atoms with Crippen molar-refractivity contribution < 1.29 is 18.0 Å². The third kappa shape index (κ3) is 5.41. The van der Waals surface area contributed by atoms with E-state index in [0.717, 1.165) is 36.4 Å². The molecule has 3 aromatic rings. The fourth-order valence-corrected chi connectivity index (χ4v) is 5.32. The number of aryl methyl sites for hydroxylation is 2. The molecule has 3 aromatic heterocycles. The summed E-state index contributed by atoms with van der Waals surface area (Å²) in [5, 5.41) is 8.70. The van der Waals surface area contributed by atoms with Gasteiger partial charge in [-0.1, -0.05) is 13.0 Å². The number of amides is 1. The third-order valence-electron chi connectivity index (χ3n) is 6.53. The molecule has 0 aromatic carbocycles. The molecule has 4 heterocycles. The molecule has 11 heteroatoms. The second-order valence-electron chi connectivity index (χ2n) is 8.96. The molecule has 0 unspecified atom stereocenters. The number of alkyl halides is 3. The SMILES string of the molecule is Cc1nc2nc(C(F)(F)F)nn2c(C)c1CCC(=O)NC[C@H](c1cccs1)N1CCC(C)CC1. The number of aromatic nitrogens is 4. The smallest absolute Gasteiger partial charge is 0.354 e. The molecular formula is C23H29F3N6OS. The van der Waals surface area contributed by atoms with E-state index in [1.165, 1.54) is 4.88 Å². The highest BCUT2D eigenvalue weighted by atomic mass is 32.1. The Morgan fingerprint density at radius 1 is 1.26 bits per heavy atom. The predicted molar refractivity (Wildman–Crippen MR) is 124 cm³/mol. The van der Waals surface area contributed by atoms with Gasteiger partial charge >= 0.3 is 6.18 Å². The molecule has 4 rings (SSSR count). The van der Waals surface area contributed by atoms with Crippen molar-refractivity contribution in [3.63, 3.8) is 0 Å². The summed E-state index contributed by atoms with van der Waals surface area (Å²) < 4.78 is 40.1. The largest absolute Gasteiger partial charge is 0.453 e. The molecule has 34 heavy (non-hydrogen) atoms. The zero-order valence-electron chi connectivity index (χ0n) is 19.5. The van der Waals surface area contributed by atoms with E-state index < -0.39 is 12.0 Å². The monoisotopic (exact) mass is 494 g/mol. The highest BCUT2D eigenvalue weighted by molar-refractivity contribution is 7.10. The summed E-state index contributed by atoms with van der Waals surface area (Å²) in [6, 6.07) is 4.29. The fourth-order valence-electron chi connectivity index (χ4n) is 4.46. The summed E-state index contributed by atoms with van der Waals surface area (Å²) in [6.45, 7) is 8.23. The van der Waals surface area contributed by atoms with E-state index in [4.69, 9.17) is 0 Å². The van der Waals surface area contributed by atoms with Gasteiger partial charge in [0.1, 0.15) is 0 Å². The maximum Gasteiger partial charge on any atom is 0.453 e. The highest BCUT2D eigenvalue weighted by Gasteiger charge is 2.37. The lowest BCUT2D eigenvalue weighted by molar-refractivity contribution is -0.144. The Bertz CT molecular complexity index is 1140. The van der Waals surface area contributed by atoms with Gasteiger partial charge in [-0.25, -0.2) is 9.50 Å². The number of carbonyl (C=O) groups is 1. The molecule has 0 spiro atoms. The van der Waals surface area contributed by atoms with Gasteiger partial charge in [-0.3, -0.25) is 9.69 Å². The van der Waals surface area contributed by atoms with Crippen LogP contribution in [0.5, 0.6) is 0 Å². The Labute approximate surface area is 200 Å². The molecule has 0 bridgehead atoms. The van der Waals surface area contributed by atoms with Crippen LogP contribution in [0.1, 0.15) is 59.9 Å². The van der Waals surface area contributed by atoms with E-state index in [1.54, 1.807) is 25.2 Å². The lowest BCUT2D eigenvalue weighted by Gasteiger charge is -2.36. The van der Waals surface area contributed by atoms with Crippen molar-refractivity contribution in [3.8, 4) is 0 Å². The van der Waals surface area contributed by atoms with Gasteiger partial charge < -0.3 is 5.32 Å². The van der Waals surface area contributed by atoms with Gasteiger partial charge in [0.15, 0.2) is 0 Å². The number of likely N-dealkylation sites (tertiary alicyclic amines) is 1. The Balaban J connectivity index is 1.41. The van der Waals surface area contributed by atoms with Crippen LogP contribution in [0.25, 0.3) is 5.78 Å². The number of hydrogen-bond donors (Lipinski definition) is 1. The van der Waals surface area contributed by atoms with Crippen LogP contribution < -0.4 is 5.32 Å². The average molecular weight is 495 g/mol. The number of rotatable bonds is 7. The van der Waals surface area contributed by atoms with Gasteiger partial charge in [0, 0.05) is 29.2 Å². The molecule has 0 saturated carbocycles. The van der Waals surface area contributed by atoms with E-state index in [0.29, 0.717) is 29.9 Å². The van der Waals surface area contributed by atoms with Crippen molar-refractivity contribution in [2.75, 3.05) is 19.6 Å². The van der Waals surface area contributed by atoms with Crippen LogP contribution in [0.15, 0.2) is 17.5 Å². The summed E-state index contributed by atoms with van der Waals surface area (Å²) in [5.74, 6) is -0.681. The molecule has 184 valence electrons. The van der Waals surface area contributed by atoms with Crippen LogP contribution in [0.3, 0.4) is 0 Å². The van der Waals surface area contributed by atoms with Crippen LogP contribution in [0, 0.1) is 19.8 Å². The van der Waals surface area contributed by atoms with Crippen LogP contribution in [-0.2, 0) is 17.4 Å². The van der Waals surface area contributed by atoms with Crippen LogP contribution in [0.2, 0.25) is 0 Å². The van der Waals surface area contributed by atoms with Crippen molar-refractivity contribution in [1.82, 2.24) is 29.8 Å². The van der Waals surface area contributed by atoms with Crippen LogP contribution in [0.4, 0.5) is 13.2 Å². The van der Waals surface area contributed by atoms with Crippen molar-refractivity contribution >= 4 is 23.0 Å². The molecular weight excluding hydrogens is 465 g/mol. The van der Waals surface area contributed by atoms with Gasteiger partial charge in [-0.2, -0.15) is 18.2 Å². The molecule has 1 aliphatic heterocycles. The number of nitrogens with one attached hydrogen (secondary N) is 1. The molecule has 7 nitrogen and oxygen atoms in total. The normalized spacial score (nSPS) is 16.8. The van der Waals surface area contributed by atoms with Crippen molar-refractivity contribution in [2.24, 2.45) is 5.92 Å². The lowest BCUT2D eigenvalue weighted by Crippen LogP contribution is -2.41. The van der Waals surface area contributed by atoms with Gasteiger partial charge in [0.2, 0.25) is 5.91 Å².